The van der Waals surface area contributed by atoms with Gasteiger partial charge in [-0.05, 0) is 44.2 Å². The first-order chi connectivity index (χ1) is 13.2. The molecule has 0 radical (unpaired) electrons. The number of hydrogen-bond acceptors (Lipinski definition) is 7. The van der Waals surface area contributed by atoms with Crippen molar-refractivity contribution >= 4 is 28.4 Å². The highest BCUT2D eigenvalue weighted by Gasteiger charge is 2.18. The van der Waals surface area contributed by atoms with Crippen LogP contribution in [0.25, 0.3) is 11.0 Å². The molecule has 0 bridgehead atoms. The van der Waals surface area contributed by atoms with E-state index in [9.17, 15) is 4.79 Å². The molecule has 0 aliphatic carbocycles. The summed E-state index contributed by atoms with van der Waals surface area (Å²) in [5, 5.41) is 3.97. The van der Waals surface area contributed by atoms with Crippen LogP contribution in [0.5, 0.6) is 11.6 Å². The van der Waals surface area contributed by atoms with E-state index in [0.29, 0.717) is 34.8 Å². The Labute approximate surface area is 157 Å². The standard InChI is InChI=1S/C20H21N3O4/c1-4-26-17-11-10-15-18(22-13-6-8-14(25-3)9-7-13)16(20(24)27-5-2)12-21-19(15)23-17/h6-12H,4-5H2,1-3H3,(H,21,22,23). The van der Waals surface area contributed by atoms with Gasteiger partial charge in [-0.25, -0.2) is 9.78 Å². The predicted octanol–water partition coefficient (Wildman–Crippen LogP) is 3.96. The molecule has 0 atom stereocenters. The quantitative estimate of drug-likeness (QED) is 0.633. The average Bonchev–Trinajstić information content (AvgIpc) is 2.69. The molecule has 27 heavy (non-hydrogen) atoms. The number of hydrogen-bond donors (Lipinski definition) is 1. The topological polar surface area (TPSA) is 82.6 Å². The summed E-state index contributed by atoms with van der Waals surface area (Å²) < 4.78 is 15.8. The number of ether oxygens (including phenoxy) is 3. The van der Waals surface area contributed by atoms with Gasteiger partial charge in [0.1, 0.15) is 11.3 Å². The van der Waals surface area contributed by atoms with Crippen LogP contribution in [0.1, 0.15) is 24.2 Å². The number of carbonyl (C=O) groups excluding carboxylic acids is 1. The van der Waals surface area contributed by atoms with Crippen molar-refractivity contribution in [3.63, 3.8) is 0 Å². The molecule has 3 aromatic rings. The lowest BCUT2D eigenvalue weighted by atomic mass is 10.1. The molecule has 0 unspecified atom stereocenters. The zero-order chi connectivity index (χ0) is 19.2. The van der Waals surface area contributed by atoms with Crippen LogP contribution in [0.2, 0.25) is 0 Å². The zero-order valence-electron chi connectivity index (χ0n) is 15.5. The summed E-state index contributed by atoms with van der Waals surface area (Å²) in [4.78, 5) is 21.1. The number of nitrogens with zero attached hydrogens (tertiary/aromatic N) is 2. The molecule has 0 aliphatic rings. The fourth-order valence-electron chi connectivity index (χ4n) is 2.61. The molecule has 0 saturated heterocycles. The Kier molecular flexibility index (Phi) is 5.71. The first-order valence-corrected chi connectivity index (χ1v) is 8.67. The summed E-state index contributed by atoms with van der Waals surface area (Å²) in [6.07, 6.45) is 1.47. The van der Waals surface area contributed by atoms with Gasteiger partial charge in [0.15, 0.2) is 5.65 Å². The lowest BCUT2D eigenvalue weighted by Crippen LogP contribution is -2.09. The fourth-order valence-corrected chi connectivity index (χ4v) is 2.61. The highest BCUT2D eigenvalue weighted by molar-refractivity contribution is 6.05. The Bertz CT molecular complexity index is 942. The second-order valence-corrected chi connectivity index (χ2v) is 5.57. The molecule has 0 amide bonds. The van der Waals surface area contributed by atoms with Crippen molar-refractivity contribution in [2.24, 2.45) is 0 Å². The molecule has 140 valence electrons. The van der Waals surface area contributed by atoms with Gasteiger partial charge >= 0.3 is 5.97 Å². The molecular formula is C20H21N3O4. The molecule has 1 aromatic carbocycles. The molecule has 0 fully saturated rings. The van der Waals surface area contributed by atoms with E-state index in [1.165, 1.54) is 6.20 Å². The fraction of sp³-hybridized carbons (Fsp3) is 0.250. The van der Waals surface area contributed by atoms with Gasteiger partial charge < -0.3 is 19.5 Å². The normalized spacial score (nSPS) is 10.5. The van der Waals surface area contributed by atoms with E-state index < -0.39 is 5.97 Å². The van der Waals surface area contributed by atoms with Crippen LogP contribution in [0.3, 0.4) is 0 Å². The van der Waals surface area contributed by atoms with E-state index in [-0.39, 0.29) is 6.61 Å². The van der Waals surface area contributed by atoms with Crippen LogP contribution in [0.4, 0.5) is 11.4 Å². The van der Waals surface area contributed by atoms with E-state index in [4.69, 9.17) is 14.2 Å². The Morgan fingerprint density at radius 3 is 2.52 bits per heavy atom. The maximum Gasteiger partial charge on any atom is 0.341 e. The van der Waals surface area contributed by atoms with Crippen molar-refractivity contribution in [3.05, 3.63) is 48.2 Å². The lowest BCUT2D eigenvalue weighted by Gasteiger charge is -2.14. The molecule has 1 N–H and O–H groups in total. The van der Waals surface area contributed by atoms with E-state index in [0.717, 1.165) is 11.4 Å². The smallest absolute Gasteiger partial charge is 0.341 e. The highest BCUT2D eigenvalue weighted by atomic mass is 16.5. The summed E-state index contributed by atoms with van der Waals surface area (Å²) in [6, 6.07) is 11.0. The molecule has 2 heterocycles. The number of nitrogens with one attached hydrogen (secondary N) is 1. The number of benzene rings is 1. The number of anilines is 2. The van der Waals surface area contributed by atoms with Crippen LogP contribution in [-0.4, -0.2) is 36.3 Å². The summed E-state index contributed by atoms with van der Waals surface area (Å²) in [6.45, 7) is 4.44. The minimum Gasteiger partial charge on any atom is -0.497 e. The molecule has 2 aromatic heterocycles. The number of esters is 1. The third kappa shape index (κ3) is 4.08. The van der Waals surface area contributed by atoms with E-state index in [2.05, 4.69) is 15.3 Å². The molecule has 7 heteroatoms. The Morgan fingerprint density at radius 1 is 1.07 bits per heavy atom. The lowest BCUT2D eigenvalue weighted by molar-refractivity contribution is 0.0527. The SMILES string of the molecule is CCOC(=O)c1cnc2nc(OCC)ccc2c1Nc1ccc(OC)cc1. The Morgan fingerprint density at radius 2 is 1.85 bits per heavy atom. The summed E-state index contributed by atoms with van der Waals surface area (Å²) >= 11 is 0. The molecule has 0 spiro atoms. The number of aromatic nitrogens is 2. The Hall–Kier alpha value is -3.35. The van der Waals surface area contributed by atoms with Gasteiger partial charge in [-0.3, -0.25) is 0 Å². The average molecular weight is 367 g/mol. The first-order valence-electron chi connectivity index (χ1n) is 8.67. The van der Waals surface area contributed by atoms with Crippen molar-refractivity contribution in [2.75, 3.05) is 25.6 Å². The van der Waals surface area contributed by atoms with Gasteiger partial charge in [0.2, 0.25) is 5.88 Å². The van der Waals surface area contributed by atoms with Gasteiger partial charge in [0, 0.05) is 23.3 Å². The van der Waals surface area contributed by atoms with E-state index in [1.54, 1.807) is 20.1 Å². The van der Waals surface area contributed by atoms with Crippen LogP contribution in [0.15, 0.2) is 42.6 Å². The summed E-state index contributed by atoms with van der Waals surface area (Å²) in [5.41, 5.74) is 2.19. The van der Waals surface area contributed by atoms with Crippen LogP contribution >= 0.6 is 0 Å². The van der Waals surface area contributed by atoms with Crippen LogP contribution in [-0.2, 0) is 4.74 Å². The highest BCUT2D eigenvalue weighted by Crippen LogP contribution is 2.30. The second-order valence-electron chi connectivity index (χ2n) is 5.57. The van der Waals surface area contributed by atoms with Crippen molar-refractivity contribution < 1.29 is 19.0 Å². The van der Waals surface area contributed by atoms with E-state index >= 15 is 0 Å². The minimum atomic E-state index is -0.447. The molecular weight excluding hydrogens is 346 g/mol. The molecule has 0 saturated carbocycles. The minimum absolute atomic E-state index is 0.278. The van der Waals surface area contributed by atoms with Crippen molar-refractivity contribution in [1.29, 1.82) is 0 Å². The Balaban J connectivity index is 2.08. The van der Waals surface area contributed by atoms with Crippen molar-refractivity contribution in [1.82, 2.24) is 9.97 Å². The summed E-state index contributed by atoms with van der Waals surface area (Å²) in [7, 11) is 1.61. The third-order valence-corrected chi connectivity index (χ3v) is 3.85. The van der Waals surface area contributed by atoms with Gasteiger partial charge in [0.25, 0.3) is 0 Å². The third-order valence-electron chi connectivity index (χ3n) is 3.85. The zero-order valence-corrected chi connectivity index (χ0v) is 15.5. The maximum atomic E-state index is 12.4. The second kappa shape index (κ2) is 8.35. The largest absolute Gasteiger partial charge is 0.497 e. The summed E-state index contributed by atoms with van der Waals surface area (Å²) in [5.74, 6) is 0.780. The number of fused-ring (bicyclic) bond motifs is 1. The van der Waals surface area contributed by atoms with Gasteiger partial charge in [0.05, 0.1) is 26.0 Å². The number of methoxy groups -OCH3 is 1. The number of rotatable bonds is 7. The van der Waals surface area contributed by atoms with Crippen molar-refractivity contribution in [3.8, 4) is 11.6 Å². The number of pyridine rings is 2. The predicted molar refractivity (Wildman–Crippen MR) is 103 cm³/mol. The maximum absolute atomic E-state index is 12.4. The van der Waals surface area contributed by atoms with Crippen molar-refractivity contribution in [2.45, 2.75) is 13.8 Å². The van der Waals surface area contributed by atoms with Gasteiger partial charge in [-0.15, -0.1) is 0 Å². The molecule has 7 nitrogen and oxygen atoms in total. The van der Waals surface area contributed by atoms with E-state index in [1.807, 2.05) is 37.3 Å². The van der Waals surface area contributed by atoms with Crippen LogP contribution in [0, 0.1) is 0 Å². The number of carbonyl (C=O) groups is 1. The first kappa shape index (κ1) is 18.4. The molecule has 0 aliphatic heterocycles. The monoisotopic (exact) mass is 367 g/mol. The van der Waals surface area contributed by atoms with Crippen LogP contribution < -0.4 is 14.8 Å². The van der Waals surface area contributed by atoms with Gasteiger partial charge in [-0.1, -0.05) is 0 Å². The molecule has 3 rings (SSSR count). The van der Waals surface area contributed by atoms with Gasteiger partial charge in [-0.2, -0.15) is 4.98 Å².